The molecule has 0 radical (unpaired) electrons. The van der Waals surface area contributed by atoms with Crippen LogP contribution in [0.15, 0.2) is 16.8 Å². The Morgan fingerprint density at radius 2 is 2.53 bits per heavy atom. The van der Waals surface area contributed by atoms with Crippen molar-refractivity contribution in [3.05, 3.63) is 22.4 Å². The average molecular weight is 255 g/mol. The van der Waals surface area contributed by atoms with E-state index in [2.05, 4.69) is 5.38 Å². The molecule has 1 aromatic rings. The van der Waals surface area contributed by atoms with Crippen LogP contribution in [0.4, 0.5) is 0 Å². The van der Waals surface area contributed by atoms with E-state index in [1.165, 1.54) is 0 Å². The van der Waals surface area contributed by atoms with Gasteiger partial charge in [0.2, 0.25) is 5.91 Å². The van der Waals surface area contributed by atoms with Crippen molar-refractivity contribution in [3.8, 4) is 0 Å². The lowest BCUT2D eigenvalue weighted by molar-refractivity contribution is -0.131. The fraction of sp³-hybridized carbons (Fsp3) is 0.545. The highest BCUT2D eigenvalue weighted by Crippen LogP contribution is 2.25. The Balaban J connectivity index is 2.19. The summed E-state index contributed by atoms with van der Waals surface area (Å²) in [6.45, 7) is 2.13. The molecule has 1 aliphatic heterocycles. The van der Waals surface area contributed by atoms with Gasteiger partial charge in [-0.05, 0) is 22.4 Å². The van der Waals surface area contributed by atoms with Crippen molar-refractivity contribution in [3.63, 3.8) is 0 Å². The third-order valence-corrected chi connectivity index (χ3v) is 3.75. The highest BCUT2D eigenvalue weighted by Gasteiger charge is 2.33. The number of nitrogens with two attached hydrogens (primary N) is 2. The second-order valence-corrected chi connectivity index (χ2v) is 4.82. The van der Waals surface area contributed by atoms with E-state index < -0.39 is 0 Å². The van der Waals surface area contributed by atoms with E-state index in [4.69, 9.17) is 16.2 Å². The molecule has 94 valence electrons. The monoisotopic (exact) mass is 255 g/mol. The van der Waals surface area contributed by atoms with Gasteiger partial charge in [-0.25, -0.2) is 0 Å². The summed E-state index contributed by atoms with van der Waals surface area (Å²) in [4.78, 5) is 13.5. The van der Waals surface area contributed by atoms with Crippen LogP contribution in [0.1, 0.15) is 11.6 Å². The Bertz CT molecular complexity index is 369. The van der Waals surface area contributed by atoms with Gasteiger partial charge in [0, 0.05) is 19.1 Å². The summed E-state index contributed by atoms with van der Waals surface area (Å²) in [5.41, 5.74) is 12.4. The molecule has 0 bridgehead atoms. The van der Waals surface area contributed by atoms with Gasteiger partial charge in [-0.1, -0.05) is 0 Å². The number of hydrogen-bond acceptors (Lipinski definition) is 5. The maximum absolute atomic E-state index is 11.4. The van der Waals surface area contributed by atoms with Gasteiger partial charge in [0.05, 0.1) is 13.2 Å². The Hall–Kier alpha value is -0.950. The van der Waals surface area contributed by atoms with Crippen LogP contribution in [-0.2, 0) is 9.53 Å². The van der Waals surface area contributed by atoms with Crippen LogP contribution in [0.3, 0.4) is 0 Å². The zero-order valence-corrected chi connectivity index (χ0v) is 10.4. The van der Waals surface area contributed by atoms with Crippen LogP contribution in [0.5, 0.6) is 0 Å². The van der Waals surface area contributed by atoms with Gasteiger partial charge in [0.1, 0.15) is 6.04 Å². The van der Waals surface area contributed by atoms with Gasteiger partial charge in [-0.15, -0.1) is 0 Å². The number of thiophene rings is 1. The molecule has 0 spiro atoms. The Labute approximate surface area is 104 Å². The molecule has 1 aromatic heterocycles. The molecule has 1 amide bonds. The van der Waals surface area contributed by atoms with Crippen molar-refractivity contribution in [1.29, 1.82) is 0 Å². The van der Waals surface area contributed by atoms with Crippen LogP contribution < -0.4 is 11.5 Å². The Kier molecular flexibility index (Phi) is 4.11. The second kappa shape index (κ2) is 5.59. The van der Waals surface area contributed by atoms with E-state index in [1.54, 1.807) is 11.3 Å². The van der Waals surface area contributed by atoms with E-state index in [1.807, 2.05) is 16.3 Å². The zero-order chi connectivity index (χ0) is 12.3. The highest BCUT2D eigenvalue weighted by molar-refractivity contribution is 7.07. The molecule has 0 saturated carbocycles. The summed E-state index contributed by atoms with van der Waals surface area (Å²) >= 11 is 1.63. The van der Waals surface area contributed by atoms with Gasteiger partial charge >= 0.3 is 0 Å². The number of rotatable bonds is 4. The standard InChI is InChI=1S/C11H17N3O2S/c12-5-9(8-1-4-17-7-8)14-2-3-16-6-10(14)11(13)15/h1,4,7,9-10H,2-3,5-6,12H2,(H2,13,15). The Morgan fingerprint density at radius 1 is 1.71 bits per heavy atom. The molecule has 4 N–H and O–H groups in total. The van der Waals surface area contributed by atoms with Crippen molar-refractivity contribution in [2.45, 2.75) is 12.1 Å². The number of nitrogens with zero attached hydrogens (tertiary/aromatic N) is 1. The number of carbonyl (C=O) groups excluding carboxylic acids is 1. The maximum atomic E-state index is 11.4. The molecule has 6 heteroatoms. The summed E-state index contributed by atoms with van der Waals surface area (Å²) in [6, 6.07) is 1.70. The molecule has 5 nitrogen and oxygen atoms in total. The number of ether oxygens (including phenoxy) is 1. The van der Waals surface area contributed by atoms with Gasteiger partial charge in [-0.3, -0.25) is 9.69 Å². The lowest BCUT2D eigenvalue weighted by atomic mass is 10.1. The van der Waals surface area contributed by atoms with Crippen molar-refractivity contribution in [2.24, 2.45) is 11.5 Å². The van der Waals surface area contributed by atoms with Gasteiger partial charge in [-0.2, -0.15) is 11.3 Å². The summed E-state index contributed by atoms with van der Waals surface area (Å²) in [6.07, 6.45) is 0. The van der Waals surface area contributed by atoms with E-state index in [-0.39, 0.29) is 18.0 Å². The molecule has 2 heterocycles. The Morgan fingerprint density at radius 3 is 3.12 bits per heavy atom. The molecule has 1 aliphatic rings. The van der Waals surface area contributed by atoms with Crippen molar-refractivity contribution in [2.75, 3.05) is 26.3 Å². The first-order valence-electron chi connectivity index (χ1n) is 5.59. The lowest BCUT2D eigenvalue weighted by Gasteiger charge is -2.38. The SMILES string of the molecule is NCC(c1ccsc1)N1CCOCC1C(N)=O. The first-order valence-corrected chi connectivity index (χ1v) is 6.53. The first kappa shape index (κ1) is 12.5. The molecular formula is C11H17N3O2S. The largest absolute Gasteiger partial charge is 0.378 e. The number of carbonyl (C=O) groups is 1. The quantitative estimate of drug-likeness (QED) is 0.789. The molecule has 2 atom stereocenters. The molecular weight excluding hydrogens is 238 g/mol. The minimum Gasteiger partial charge on any atom is -0.378 e. The average Bonchev–Trinajstić information content (AvgIpc) is 2.84. The van der Waals surface area contributed by atoms with Crippen molar-refractivity contribution in [1.82, 2.24) is 4.90 Å². The fourth-order valence-electron chi connectivity index (χ4n) is 2.16. The minimum atomic E-state index is -0.378. The molecule has 1 saturated heterocycles. The first-order chi connectivity index (χ1) is 8.24. The van der Waals surface area contributed by atoms with E-state index in [0.29, 0.717) is 26.3 Å². The summed E-state index contributed by atoms with van der Waals surface area (Å²) in [5.74, 6) is -0.349. The van der Waals surface area contributed by atoms with Crippen LogP contribution in [0, 0.1) is 0 Å². The van der Waals surface area contributed by atoms with E-state index >= 15 is 0 Å². The van der Waals surface area contributed by atoms with Crippen LogP contribution in [0.25, 0.3) is 0 Å². The number of primary amides is 1. The summed E-state index contributed by atoms with van der Waals surface area (Å²) < 4.78 is 5.30. The molecule has 2 unspecified atom stereocenters. The van der Waals surface area contributed by atoms with Crippen molar-refractivity contribution >= 4 is 17.2 Å². The third kappa shape index (κ3) is 2.66. The molecule has 0 aliphatic carbocycles. The lowest BCUT2D eigenvalue weighted by Crippen LogP contribution is -2.54. The number of hydrogen-bond donors (Lipinski definition) is 2. The summed E-state index contributed by atoms with van der Waals surface area (Å²) in [5, 5.41) is 4.07. The zero-order valence-electron chi connectivity index (χ0n) is 9.54. The second-order valence-electron chi connectivity index (χ2n) is 4.04. The topological polar surface area (TPSA) is 81.6 Å². The van der Waals surface area contributed by atoms with Crippen LogP contribution >= 0.6 is 11.3 Å². The van der Waals surface area contributed by atoms with E-state index in [0.717, 1.165) is 5.56 Å². The predicted molar refractivity (Wildman–Crippen MR) is 66.6 cm³/mol. The fourth-order valence-corrected chi connectivity index (χ4v) is 2.87. The van der Waals surface area contributed by atoms with Crippen LogP contribution in [0.2, 0.25) is 0 Å². The van der Waals surface area contributed by atoms with Gasteiger partial charge in [0.15, 0.2) is 0 Å². The molecule has 0 aromatic carbocycles. The normalized spacial score (nSPS) is 23.5. The van der Waals surface area contributed by atoms with Crippen molar-refractivity contribution < 1.29 is 9.53 Å². The number of amides is 1. The third-order valence-electron chi connectivity index (χ3n) is 3.05. The maximum Gasteiger partial charge on any atom is 0.237 e. The van der Waals surface area contributed by atoms with Gasteiger partial charge in [0.25, 0.3) is 0 Å². The summed E-state index contributed by atoms with van der Waals surface area (Å²) in [7, 11) is 0. The molecule has 1 fully saturated rings. The number of morpholine rings is 1. The van der Waals surface area contributed by atoms with Crippen LogP contribution in [-0.4, -0.2) is 43.2 Å². The smallest absolute Gasteiger partial charge is 0.237 e. The molecule has 2 rings (SSSR count). The van der Waals surface area contributed by atoms with Gasteiger partial charge < -0.3 is 16.2 Å². The molecule has 17 heavy (non-hydrogen) atoms. The van der Waals surface area contributed by atoms with E-state index in [9.17, 15) is 4.79 Å². The minimum absolute atomic E-state index is 0.0441. The predicted octanol–water partition coefficient (Wildman–Crippen LogP) is -0.0660. The highest BCUT2D eigenvalue weighted by atomic mass is 32.1.